The number of amidine groups is 2. The molecule has 3 heterocycles. The second kappa shape index (κ2) is 7.71. The van der Waals surface area contributed by atoms with E-state index in [4.69, 9.17) is 14.9 Å². The third kappa shape index (κ3) is 3.41. The predicted octanol–water partition coefficient (Wildman–Crippen LogP) is 6.27. The Kier molecular flexibility index (Phi) is 4.71. The summed E-state index contributed by atoms with van der Waals surface area (Å²) in [5.74, 6) is 2.64. The Balaban J connectivity index is 1.15. The number of rotatable bonds is 4. The summed E-state index contributed by atoms with van der Waals surface area (Å²) in [5, 5.41) is 17.5. The minimum Gasteiger partial charge on any atom is -0.450 e. The highest BCUT2D eigenvalue weighted by atomic mass is 32.2. The van der Waals surface area contributed by atoms with Gasteiger partial charge < -0.3 is 4.42 Å². The van der Waals surface area contributed by atoms with Gasteiger partial charge in [-0.15, -0.1) is 0 Å². The van der Waals surface area contributed by atoms with Gasteiger partial charge in [0.25, 0.3) is 5.91 Å². The zero-order valence-electron chi connectivity index (χ0n) is 18.6. The number of amides is 1. The second-order valence-corrected chi connectivity index (χ2v) is 12.2. The molecule has 1 amide bonds. The number of hydrogen-bond acceptors (Lipinski definition) is 6. The lowest BCUT2D eigenvalue weighted by Gasteiger charge is -2.56. The second-order valence-electron chi connectivity index (χ2n) is 10.2. The highest BCUT2D eigenvalue weighted by Crippen LogP contribution is 2.62. The first kappa shape index (κ1) is 20.8. The molecule has 0 atom stereocenters. The van der Waals surface area contributed by atoms with E-state index in [9.17, 15) is 4.79 Å². The molecule has 34 heavy (non-hydrogen) atoms. The number of benzene rings is 1. The van der Waals surface area contributed by atoms with Crippen molar-refractivity contribution in [2.45, 2.75) is 48.5 Å². The minimum atomic E-state index is -0.403. The van der Waals surface area contributed by atoms with Gasteiger partial charge in [-0.05, 0) is 98.4 Å². The smallest absolute Gasteiger partial charge is 0.283 e. The molecule has 4 bridgehead atoms. The summed E-state index contributed by atoms with van der Waals surface area (Å²) in [7, 11) is 0. The zero-order chi connectivity index (χ0) is 22.9. The van der Waals surface area contributed by atoms with Crippen LogP contribution in [0.5, 0.6) is 0 Å². The fourth-order valence-corrected chi connectivity index (χ4v) is 8.70. The topological polar surface area (TPSA) is 82.0 Å². The first-order chi connectivity index (χ1) is 16.5. The van der Waals surface area contributed by atoms with Gasteiger partial charge in [-0.2, -0.15) is 15.1 Å². The van der Waals surface area contributed by atoms with E-state index in [0.29, 0.717) is 10.9 Å². The number of fused-ring (bicyclic) bond motifs is 1. The van der Waals surface area contributed by atoms with Crippen molar-refractivity contribution in [3.05, 3.63) is 53.8 Å². The molecule has 1 aromatic heterocycles. The van der Waals surface area contributed by atoms with Crippen LogP contribution < -0.4 is 0 Å². The van der Waals surface area contributed by atoms with Crippen LogP contribution in [-0.4, -0.2) is 27.0 Å². The van der Waals surface area contributed by atoms with Crippen LogP contribution >= 0.6 is 23.5 Å². The molecule has 1 N–H and O–H groups in total. The third-order valence-corrected chi connectivity index (χ3v) is 9.88. The maximum Gasteiger partial charge on any atom is 0.283 e. The molecule has 8 rings (SSSR count). The summed E-state index contributed by atoms with van der Waals surface area (Å²) in [5.41, 5.74) is 0.335. The van der Waals surface area contributed by atoms with Gasteiger partial charge in [0.05, 0.1) is 5.57 Å². The molecule has 0 unspecified atom stereocenters. The summed E-state index contributed by atoms with van der Waals surface area (Å²) in [6.45, 7) is 0. The molecule has 2 aromatic rings. The van der Waals surface area contributed by atoms with E-state index in [0.717, 1.165) is 32.8 Å². The van der Waals surface area contributed by atoms with E-state index >= 15 is 0 Å². The molecule has 8 heteroatoms. The molecular weight excluding hydrogens is 464 g/mol. The molecule has 0 radical (unpaired) electrons. The molecule has 172 valence electrons. The molecule has 0 saturated heterocycles. The van der Waals surface area contributed by atoms with E-state index < -0.39 is 5.91 Å². The van der Waals surface area contributed by atoms with E-state index in [1.807, 2.05) is 42.5 Å². The van der Waals surface area contributed by atoms with E-state index in [-0.39, 0.29) is 16.8 Å². The summed E-state index contributed by atoms with van der Waals surface area (Å²) in [4.78, 5) is 18.3. The average Bonchev–Trinajstić information content (AvgIpc) is 3.44. The number of thioether (sulfide) groups is 1. The van der Waals surface area contributed by atoms with Crippen molar-refractivity contribution in [2.24, 2.45) is 33.3 Å². The monoisotopic (exact) mass is 488 g/mol. The Bertz CT molecular complexity index is 1260. The molecule has 4 aliphatic carbocycles. The van der Waals surface area contributed by atoms with Crippen molar-refractivity contribution in [3.8, 4) is 0 Å². The lowest BCUT2D eigenvalue weighted by atomic mass is 9.50. The summed E-state index contributed by atoms with van der Waals surface area (Å²) < 4.78 is 5.91. The predicted molar refractivity (Wildman–Crippen MR) is 135 cm³/mol. The average molecular weight is 489 g/mol. The standard InChI is InChI=1S/C26H24N4O2S2/c27-22-20(11-18-6-7-21(32-18)33-19-4-2-1-3-5-19)23(31)28-25-30(22)29-24(34-25)26-12-15-8-16(13-26)10-17(9-15)14-26/h1-7,11,15-17,27H,8-10,12-14H2. The Morgan fingerprint density at radius 1 is 1.06 bits per heavy atom. The largest absolute Gasteiger partial charge is 0.450 e. The molecule has 1 aromatic carbocycles. The van der Waals surface area contributed by atoms with Crippen LogP contribution in [0, 0.1) is 28.6 Å². The highest BCUT2D eigenvalue weighted by molar-refractivity contribution is 8.27. The normalized spacial score (nSPS) is 32.9. The molecule has 2 aliphatic heterocycles. The number of carbonyl (C=O) groups excluding carboxylic acids is 1. The Labute approximate surface area is 206 Å². The van der Waals surface area contributed by atoms with Gasteiger partial charge in [0.15, 0.2) is 10.9 Å². The van der Waals surface area contributed by atoms with E-state index in [1.54, 1.807) is 11.1 Å². The maximum atomic E-state index is 12.9. The highest BCUT2D eigenvalue weighted by Gasteiger charge is 2.55. The van der Waals surface area contributed by atoms with Crippen molar-refractivity contribution in [1.82, 2.24) is 5.01 Å². The third-order valence-electron chi connectivity index (χ3n) is 7.80. The number of hydrazone groups is 1. The number of aliphatic imine (C=N–C) groups is 1. The van der Waals surface area contributed by atoms with Gasteiger partial charge >= 0.3 is 0 Å². The van der Waals surface area contributed by atoms with Gasteiger partial charge in [0.2, 0.25) is 5.17 Å². The summed E-state index contributed by atoms with van der Waals surface area (Å²) >= 11 is 3.03. The fourth-order valence-electron chi connectivity index (χ4n) is 6.79. The molecule has 6 aliphatic rings. The van der Waals surface area contributed by atoms with Crippen LogP contribution in [0.3, 0.4) is 0 Å². The van der Waals surface area contributed by atoms with E-state index in [2.05, 4.69) is 4.99 Å². The van der Waals surface area contributed by atoms with Crippen molar-refractivity contribution in [1.29, 1.82) is 5.41 Å². The Hall–Kier alpha value is -2.58. The van der Waals surface area contributed by atoms with Crippen LogP contribution in [-0.2, 0) is 4.79 Å². The molecule has 0 spiro atoms. The van der Waals surface area contributed by atoms with Crippen LogP contribution in [0.2, 0.25) is 0 Å². The first-order valence-electron chi connectivity index (χ1n) is 11.9. The lowest BCUT2D eigenvalue weighted by molar-refractivity contribution is -0.114. The molecule has 4 saturated carbocycles. The van der Waals surface area contributed by atoms with Crippen molar-refractivity contribution in [2.75, 3.05) is 0 Å². The number of carbonyl (C=O) groups is 1. The van der Waals surface area contributed by atoms with Gasteiger partial charge in [-0.25, -0.2) is 0 Å². The van der Waals surface area contributed by atoms with E-state index in [1.165, 1.54) is 62.0 Å². The number of furan rings is 1. The Morgan fingerprint density at radius 2 is 1.76 bits per heavy atom. The molecule has 6 nitrogen and oxygen atoms in total. The van der Waals surface area contributed by atoms with Crippen molar-refractivity contribution < 1.29 is 9.21 Å². The SMILES string of the molecule is N=C1C(=Cc2ccc(Sc3ccccc3)o2)C(=O)N=C2SC(C34CC5CC(CC(C5)C3)C4)=NN12. The summed E-state index contributed by atoms with van der Waals surface area (Å²) in [6, 6.07) is 13.7. The van der Waals surface area contributed by atoms with Crippen LogP contribution in [0.4, 0.5) is 0 Å². The van der Waals surface area contributed by atoms with Gasteiger partial charge in [-0.1, -0.05) is 30.0 Å². The fraction of sp³-hybridized carbons (Fsp3) is 0.385. The van der Waals surface area contributed by atoms with Gasteiger partial charge in [0, 0.05) is 10.3 Å². The number of nitrogens with one attached hydrogen (secondary N) is 1. The quantitative estimate of drug-likeness (QED) is 0.513. The van der Waals surface area contributed by atoms with Crippen LogP contribution in [0.1, 0.15) is 44.3 Å². The maximum absolute atomic E-state index is 12.9. The zero-order valence-corrected chi connectivity index (χ0v) is 20.2. The van der Waals surface area contributed by atoms with Crippen molar-refractivity contribution in [3.63, 3.8) is 0 Å². The Morgan fingerprint density at radius 3 is 2.47 bits per heavy atom. The van der Waals surface area contributed by atoms with Gasteiger partial charge in [0.1, 0.15) is 10.8 Å². The lowest BCUT2D eigenvalue weighted by Crippen LogP contribution is -2.49. The number of hydrogen-bond donors (Lipinski definition) is 1. The molecule has 4 fully saturated rings. The first-order valence-corrected chi connectivity index (χ1v) is 13.5. The van der Waals surface area contributed by atoms with Crippen LogP contribution in [0.15, 0.2) is 72.5 Å². The number of nitrogens with zero attached hydrogens (tertiary/aromatic N) is 3. The van der Waals surface area contributed by atoms with Crippen molar-refractivity contribution >= 4 is 51.6 Å². The summed E-state index contributed by atoms with van der Waals surface area (Å²) in [6.07, 6.45) is 9.33. The van der Waals surface area contributed by atoms with Gasteiger partial charge in [-0.3, -0.25) is 10.2 Å². The minimum absolute atomic E-state index is 0.0795. The molecular formula is C26H24N4O2S2. The van der Waals surface area contributed by atoms with Crippen LogP contribution in [0.25, 0.3) is 6.08 Å².